The third kappa shape index (κ3) is 7.96. The number of unbranched alkanes of at least 4 members (excludes halogenated alkanes) is 1. The van der Waals surface area contributed by atoms with Crippen LogP contribution in [0.3, 0.4) is 0 Å². The molecule has 4 aromatic rings. The van der Waals surface area contributed by atoms with Crippen molar-refractivity contribution >= 4 is 57.4 Å². The number of nitrogens with two attached hydrogens (primary N) is 1. The first-order chi connectivity index (χ1) is 19.6. The number of hydrogen-bond acceptors (Lipinski definition) is 8. The highest BCUT2D eigenvalue weighted by atomic mass is 79.9. The molecule has 0 saturated carbocycles. The fourth-order valence-corrected chi connectivity index (χ4v) is 5.17. The minimum Gasteiger partial charge on any atom is -0.508 e. The summed E-state index contributed by atoms with van der Waals surface area (Å²) in [7, 11) is -4.85. The van der Waals surface area contributed by atoms with Crippen LogP contribution in [0.4, 0.5) is 5.82 Å². The number of anilines is 1. The number of nitrogen functional groups attached to an aromatic ring is 1. The maximum Gasteiger partial charge on any atom is 0.524 e. The van der Waals surface area contributed by atoms with Gasteiger partial charge in [-0.25, -0.2) is 14.5 Å². The Morgan fingerprint density at radius 1 is 1.15 bits per heavy atom. The smallest absolute Gasteiger partial charge is 0.508 e. The number of halogens is 1. The molecule has 0 aliphatic rings. The summed E-state index contributed by atoms with van der Waals surface area (Å²) in [6, 6.07) is 9.90. The Morgan fingerprint density at radius 3 is 2.68 bits per heavy atom. The van der Waals surface area contributed by atoms with Crippen molar-refractivity contribution in [2.24, 2.45) is 0 Å². The van der Waals surface area contributed by atoms with E-state index in [2.05, 4.69) is 33.2 Å². The number of alkyl halides is 1. The Labute approximate surface area is 245 Å². The molecule has 0 saturated heterocycles. The number of fused-ring (bicyclic) bond motifs is 3. The summed E-state index contributed by atoms with van der Waals surface area (Å²) in [6.45, 7) is 3.46. The van der Waals surface area contributed by atoms with Crippen molar-refractivity contribution in [2.75, 3.05) is 30.8 Å². The molecule has 2 heterocycles. The van der Waals surface area contributed by atoms with Gasteiger partial charge in [0.1, 0.15) is 22.8 Å². The third-order valence-electron chi connectivity index (χ3n) is 6.42. The number of pyridine rings is 1. The van der Waals surface area contributed by atoms with E-state index >= 15 is 0 Å². The highest BCUT2D eigenvalue weighted by Crippen LogP contribution is 2.41. The maximum atomic E-state index is 11.6. The number of imidazole rings is 1. The number of aromatic nitrogens is 3. The van der Waals surface area contributed by atoms with Gasteiger partial charge < -0.3 is 30.0 Å². The average Bonchev–Trinajstić information content (AvgIpc) is 3.29. The Kier molecular flexibility index (Phi) is 10.2. The molecule has 0 spiro atoms. The fourth-order valence-electron chi connectivity index (χ4n) is 4.53. The second-order valence-electron chi connectivity index (χ2n) is 9.48. The van der Waals surface area contributed by atoms with Crippen molar-refractivity contribution in [1.82, 2.24) is 19.9 Å². The fraction of sp³-hybridized carbons (Fsp3) is 0.370. The summed E-state index contributed by atoms with van der Waals surface area (Å²) >= 11 is 3.10. The first-order valence-corrected chi connectivity index (χ1v) is 15.8. The molecule has 4 rings (SSSR count). The average molecular weight is 650 g/mol. The van der Waals surface area contributed by atoms with E-state index < -0.39 is 7.82 Å². The summed E-state index contributed by atoms with van der Waals surface area (Å²) in [4.78, 5) is 39.6. The number of ether oxygens (including phenoxy) is 1. The summed E-state index contributed by atoms with van der Waals surface area (Å²) in [5.74, 6) is 0.786. The molecular formula is C27H33BrN5O7P. The number of aromatic hydroxyl groups is 1. The molecule has 14 heteroatoms. The Hall–Kier alpha value is -3.22. The van der Waals surface area contributed by atoms with Gasteiger partial charge in [-0.2, -0.15) is 0 Å². The van der Waals surface area contributed by atoms with Crippen LogP contribution in [-0.4, -0.2) is 60.4 Å². The molecule has 0 radical (unpaired) electrons. The number of amides is 1. The van der Waals surface area contributed by atoms with Gasteiger partial charge in [0.25, 0.3) is 0 Å². The number of carbonyl (C=O) groups is 1. The van der Waals surface area contributed by atoms with Gasteiger partial charge in [0.15, 0.2) is 5.82 Å². The van der Waals surface area contributed by atoms with E-state index in [1.165, 1.54) is 18.2 Å². The van der Waals surface area contributed by atoms with Crippen LogP contribution >= 0.6 is 23.8 Å². The molecule has 0 fully saturated rings. The molecule has 12 nitrogen and oxygen atoms in total. The molecular weight excluding hydrogens is 617 g/mol. The first-order valence-electron chi connectivity index (χ1n) is 13.1. The van der Waals surface area contributed by atoms with Crippen LogP contribution in [0.2, 0.25) is 0 Å². The molecule has 0 unspecified atom stereocenters. The van der Waals surface area contributed by atoms with Crippen LogP contribution in [0.1, 0.15) is 36.7 Å². The second-order valence-corrected chi connectivity index (χ2v) is 11.2. The predicted molar refractivity (Wildman–Crippen MR) is 159 cm³/mol. The highest BCUT2D eigenvalue weighted by Gasteiger charge is 2.22. The van der Waals surface area contributed by atoms with Crippen molar-refractivity contribution in [3.05, 3.63) is 53.3 Å². The van der Waals surface area contributed by atoms with Crippen LogP contribution in [-0.2, 0) is 33.5 Å². The standard InChI is InChI=1S/C27H33BrN5O7P/c1-2-3-4-23-32-25-26(33(23)16-18-14-19(34)6-8-22(18)40-41(36,37)38)20-13-17(5-7-21(20)31-27(25)29)9-11-39-12-10-30-24(35)15-28/h5-8,13-14,34H,2-4,9-12,15-16H2,1H3,(H2,29,31)(H,30,35)(H2,36,37,38). The first kappa shape index (κ1) is 30.7. The molecule has 0 aliphatic heterocycles. The zero-order valence-electron chi connectivity index (χ0n) is 22.5. The number of aryl methyl sites for hydroxylation is 1. The number of phenols is 1. The number of phosphoric acid groups is 1. The second kappa shape index (κ2) is 13.6. The van der Waals surface area contributed by atoms with Crippen molar-refractivity contribution in [1.29, 1.82) is 0 Å². The largest absolute Gasteiger partial charge is 0.524 e. The number of rotatable bonds is 14. The minimum absolute atomic E-state index is 0.0454. The summed E-state index contributed by atoms with van der Waals surface area (Å²) in [6.07, 6.45) is 3.05. The maximum absolute atomic E-state index is 11.6. The molecule has 1 amide bonds. The number of phosphoric ester groups is 1. The lowest BCUT2D eigenvalue weighted by atomic mass is 10.1. The van der Waals surface area contributed by atoms with Gasteiger partial charge in [-0.05, 0) is 48.7 Å². The zero-order chi connectivity index (χ0) is 29.6. The summed E-state index contributed by atoms with van der Waals surface area (Å²) in [5.41, 5.74) is 9.64. The number of carbonyl (C=O) groups excluding carboxylic acids is 1. The molecule has 0 bridgehead atoms. The lowest BCUT2D eigenvalue weighted by molar-refractivity contribution is -0.118. The van der Waals surface area contributed by atoms with Gasteiger partial charge in [0, 0.05) is 23.9 Å². The van der Waals surface area contributed by atoms with Crippen LogP contribution < -0.4 is 15.6 Å². The van der Waals surface area contributed by atoms with Crippen molar-refractivity contribution in [3.63, 3.8) is 0 Å². The van der Waals surface area contributed by atoms with Gasteiger partial charge in [0.05, 0.1) is 36.1 Å². The topological polar surface area (TPSA) is 182 Å². The number of nitrogens with zero attached hydrogens (tertiary/aromatic N) is 3. The monoisotopic (exact) mass is 649 g/mol. The molecule has 6 N–H and O–H groups in total. The Bertz CT molecular complexity index is 1590. The normalized spacial score (nSPS) is 11.8. The number of hydrogen-bond donors (Lipinski definition) is 5. The van der Waals surface area contributed by atoms with Gasteiger partial charge in [-0.3, -0.25) is 14.6 Å². The van der Waals surface area contributed by atoms with E-state index in [9.17, 15) is 24.3 Å². The lowest BCUT2D eigenvalue weighted by Gasteiger charge is -2.16. The molecule has 0 aliphatic carbocycles. The van der Waals surface area contributed by atoms with Crippen LogP contribution in [0.15, 0.2) is 36.4 Å². The molecule has 41 heavy (non-hydrogen) atoms. The molecule has 2 aromatic carbocycles. The zero-order valence-corrected chi connectivity index (χ0v) is 25.0. The number of benzene rings is 2. The molecule has 0 atom stereocenters. The Morgan fingerprint density at radius 2 is 1.95 bits per heavy atom. The van der Waals surface area contributed by atoms with E-state index in [4.69, 9.17) is 20.0 Å². The minimum atomic E-state index is -4.85. The molecule has 220 valence electrons. The lowest BCUT2D eigenvalue weighted by Crippen LogP contribution is -2.28. The molecule has 2 aromatic heterocycles. The van der Waals surface area contributed by atoms with E-state index in [1.807, 2.05) is 22.8 Å². The van der Waals surface area contributed by atoms with E-state index in [-0.39, 0.29) is 35.1 Å². The van der Waals surface area contributed by atoms with Gasteiger partial charge in [-0.15, -0.1) is 0 Å². The van der Waals surface area contributed by atoms with Crippen molar-refractivity contribution in [3.8, 4) is 11.5 Å². The van der Waals surface area contributed by atoms with Gasteiger partial charge in [-0.1, -0.05) is 35.3 Å². The predicted octanol–water partition coefficient (Wildman–Crippen LogP) is 3.80. The van der Waals surface area contributed by atoms with Gasteiger partial charge in [0.2, 0.25) is 5.91 Å². The van der Waals surface area contributed by atoms with Crippen molar-refractivity contribution < 1.29 is 33.5 Å². The van der Waals surface area contributed by atoms with E-state index in [1.54, 1.807) is 0 Å². The van der Waals surface area contributed by atoms with Crippen molar-refractivity contribution in [2.45, 2.75) is 39.2 Å². The van der Waals surface area contributed by atoms with Crippen LogP contribution in [0, 0.1) is 0 Å². The summed E-state index contributed by atoms with van der Waals surface area (Å²) < 4.78 is 24.2. The van der Waals surface area contributed by atoms with E-state index in [0.29, 0.717) is 49.2 Å². The third-order valence-corrected chi connectivity index (χ3v) is 7.36. The van der Waals surface area contributed by atoms with Crippen LogP contribution in [0.5, 0.6) is 11.5 Å². The van der Waals surface area contributed by atoms with Crippen LogP contribution in [0.25, 0.3) is 21.9 Å². The highest BCUT2D eigenvalue weighted by molar-refractivity contribution is 9.09. The number of nitrogens with one attached hydrogen (secondary N) is 1. The SMILES string of the molecule is CCCCc1nc2c(N)nc3ccc(CCOCCNC(=O)CBr)cc3c2n1Cc1cc(O)ccc1OP(=O)(O)O. The van der Waals surface area contributed by atoms with Gasteiger partial charge >= 0.3 is 7.82 Å². The summed E-state index contributed by atoms with van der Waals surface area (Å²) in [5, 5.41) is 14.0. The van der Waals surface area contributed by atoms with E-state index in [0.717, 1.165) is 35.1 Å². The Balaban J connectivity index is 1.73. The number of phenolic OH excluding ortho intramolecular Hbond substituents is 1. The quantitative estimate of drug-likeness (QED) is 0.0765.